The van der Waals surface area contributed by atoms with Crippen LogP contribution < -0.4 is 5.43 Å². The molecule has 0 bridgehead atoms. The first-order chi connectivity index (χ1) is 9.75. The minimum atomic E-state index is -0.305. The first-order valence-corrected chi connectivity index (χ1v) is 7.39. The van der Waals surface area contributed by atoms with Crippen molar-refractivity contribution in [3.63, 3.8) is 0 Å². The highest BCUT2D eigenvalue weighted by molar-refractivity contribution is 8.22. The Kier molecular flexibility index (Phi) is 5.70. The number of hydrogen-bond donors (Lipinski definition) is 1. The molecule has 5 heteroatoms. The van der Waals surface area contributed by atoms with Crippen LogP contribution in [0.25, 0.3) is 0 Å². The third-order valence-corrected chi connectivity index (χ3v) is 3.75. The number of halogens is 1. The molecule has 0 aromatic heterocycles. The fourth-order valence-corrected chi connectivity index (χ4v) is 2.33. The molecule has 0 heterocycles. The Morgan fingerprint density at radius 3 is 2.60 bits per heavy atom. The van der Waals surface area contributed by atoms with Crippen molar-refractivity contribution in [3.8, 4) is 0 Å². The molecule has 0 fully saturated rings. The maximum Gasteiger partial charge on any atom is 0.154 e. The van der Waals surface area contributed by atoms with Gasteiger partial charge in [0.2, 0.25) is 0 Å². The summed E-state index contributed by atoms with van der Waals surface area (Å²) in [4.78, 5) is 0. The second-order valence-electron chi connectivity index (χ2n) is 3.95. The highest BCUT2D eigenvalue weighted by atomic mass is 32.2. The standard InChI is InChI=1S/C15H13FN2S2/c16-14-9-5-4-8-13(14)10-17-18-15(19)20-11-12-6-2-1-3-7-12/h1-10H,11H2,(H,18,19)/b17-10+. The Morgan fingerprint density at radius 2 is 1.85 bits per heavy atom. The Balaban J connectivity index is 1.79. The van der Waals surface area contributed by atoms with Crippen molar-refractivity contribution >= 4 is 34.5 Å². The largest absolute Gasteiger partial charge is 0.262 e. The van der Waals surface area contributed by atoms with Gasteiger partial charge in [0.1, 0.15) is 5.82 Å². The van der Waals surface area contributed by atoms with Gasteiger partial charge in [-0.1, -0.05) is 72.5 Å². The number of benzene rings is 2. The molecule has 0 unspecified atom stereocenters. The SMILES string of the molecule is Fc1ccccc1/C=N/NC(=S)SCc1ccccc1. The molecule has 2 aromatic carbocycles. The normalized spacial score (nSPS) is 10.7. The molecule has 2 aromatic rings. The Bertz CT molecular complexity index is 600. The van der Waals surface area contributed by atoms with Crippen molar-refractivity contribution in [1.82, 2.24) is 5.43 Å². The van der Waals surface area contributed by atoms with Crippen molar-refractivity contribution in [2.45, 2.75) is 5.75 Å². The summed E-state index contributed by atoms with van der Waals surface area (Å²) in [5.74, 6) is 0.475. The molecular weight excluding hydrogens is 291 g/mol. The molecule has 0 saturated heterocycles. The second kappa shape index (κ2) is 7.77. The minimum absolute atomic E-state index is 0.305. The van der Waals surface area contributed by atoms with Crippen LogP contribution in [0.15, 0.2) is 59.7 Å². The molecule has 0 aliphatic heterocycles. The van der Waals surface area contributed by atoms with Crippen molar-refractivity contribution in [2.24, 2.45) is 5.10 Å². The molecule has 1 N–H and O–H groups in total. The smallest absolute Gasteiger partial charge is 0.154 e. The fraction of sp³-hybridized carbons (Fsp3) is 0.0667. The number of hydrogen-bond acceptors (Lipinski definition) is 3. The quantitative estimate of drug-likeness (QED) is 0.525. The highest BCUT2D eigenvalue weighted by Crippen LogP contribution is 2.12. The van der Waals surface area contributed by atoms with Crippen LogP contribution >= 0.6 is 24.0 Å². The van der Waals surface area contributed by atoms with Crippen molar-refractivity contribution in [3.05, 3.63) is 71.5 Å². The molecule has 0 atom stereocenters. The van der Waals surface area contributed by atoms with Crippen molar-refractivity contribution < 1.29 is 4.39 Å². The summed E-state index contributed by atoms with van der Waals surface area (Å²) in [6.07, 6.45) is 1.42. The fourth-order valence-electron chi connectivity index (χ4n) is 1.49. The molecule has 0 radical (unpaired) electrons. The number of nitrogens with one attached hydrogen (secondary N) is 1. The average molecular weight is 304 g/mol. The van der Waals surface area contributed by atoms with Gasteiger partial charge in [0.15, 0.2) is 4.32 Å². The lowest BCUT2D eigenvalue weighted by atomic mass is 10.2. The van der Waals surface area contributed by atoms with Gasteiger partial charge in [0.05, 0.1) is 6.21 Å². The second-order valence-corrected chi connectivity index (χ2v) is 5.61. The summed E-state index contributed by atoms with van der Waals surface area (Å²) in [7, 11) is 0. The number of thioether (sulfide) groups is 1. The molecule has 2 rings (SSSR count). The minimum Gasteiger partial charge on any atom is -0.262 e. The first-order valence-electron chi connectivity index (χ1n) is 6.00. The summed E-state index contributed by atoms with van der Waals surface area (Å²) in [6.45, 7) is 0. The number of hydrazone groups is 1. The zero-order valence-corrected chi connectivity index (χ0v) is 12.3. The van der Waals surface area contributed by atoms with Gasteiger partial charge < -0.3 is 0 Å². The van der Waals surface area contributed by atoms with E-state index in [2.05, 4.69) is 10.5 Å². The molecule has 0 amide bonds. The van der Waals surface area contributed by atoms with Gasteiger partial charge in [-0.2, -0.15) is 5.10 Å². The van der Waals surface area contributed by atoms with Crippen LogP contribution in [0.1, 0.15) is 11.1 Å². The van der Waals surface area contributed by atoms with E-state index in [1.54, 1.807) is 18.2 Å². The summed E-state index contributed by atoms with van der Waals surface area (Å²) < 4.78 is 13.9. The average Bonchev–Trinajstić information content (AvgIpc) is 2.48. The zero-order valence-electron chi connectivity index (χ0n) is 10.6. The van der Waals surface area contributed by atoms with Crippen LogP contribution in [0, 0.1) is 5.82 Å². The topological polar surface area (TPSA) is 24.4 Å². The van der Waals surface area contributed by atoms with E-state index >= 15 is 0 Å². The summed E-state index contributed by atoms with van der Waals surface area (Å²) in [5.41, 5.74) is 4.35. The van der Waals surface area contributed by atoms with E-state index < -0.39 is 0 Å². The van der Waals surface area contributed by atoms with E-state index in [9.17, 15) is 4.39 Å². The van der Waals surface area contributed by atoms with E-state index in [0.717, 1.165) is 5.75 Å². The lowest BCUT2D eigenvalue weighted by molar-refractivity contribution is 0.626. The molecule has 2 nitrogen and oxygen atoms in total. The highest BCUT2D eigenvalue weighted by Gasteiger charge is 1.98. The molecule has 20 heavy (non-hydrogen) atoms. The Labute approximate surface area is 127 Å². The first kappa shape index (κ1) is 14.7. The van der Waals surface area contributed by atoms with Gasteiger partial charge in [-0.15, -0.1) is 0 Å². The van der Waals surface area contributed by atoms with Gasteiger partial charge >= 0.3 is 0 Å². The van der Waals surface area contributed by atoms with Crippen molar-refractivity contribution in [2.75, 3.05) is 0 Å². The van der Waals surface area contributed by atoms with Crippen molar-refractivity contribution in [1.29, 1.82) is 0 Å². The van der Waals surface area contributed by atoms with Crippen LogP contribution in [0.3, 0.4) is 0 Å². The van der Waals surface area contributed by atoms with E-state index in [1.165, 1.54) is 29.6 Å². The zero-order chi connectivity index (χ0) is 14.2. The van der Waals surface area contributed by atoms with Crippen LogP contribution in [0.5, 0.6) is 0 Å². The van der Waals surface area contributed by atoms with Gasteiger partial charge in [-0.3, -0.25) is 5.43 Å². The predicted octanol–water partition coefficient (Wildman–Crippen LogP) is 3.97. The van der Waals surface area contributed by atoms with Gasteiger partial charge in [0.25, 0.3) is 0 Å². The van der Waals surface area contributed by atoms with E-state index in [0.29, 0.717) is 9.88 Å². The van der Waals surface area contributed by atoms with Crippen LogP contribution in [-0.2, 0) is 5.75 Å². The lowest BCUT2D eigenvalue weighted by Gasteiger charge is -2.02. The van der Waals surface area contributed by atoms with Gasteiger partial charge in [-0.05, 0) is 11.6 Å². The van der Waals surface area contributed by atoms with Gasteiger partial charge in [-0.25, -0.2) is 4.39 Å². The predicted molar refractivity (Wildman–Crippen MR) is 87.5 cm³/mol. The van der Waals surface area contributed by atoms with E-state index in [-0.39, 0.29) is 5.82 Å². The van der Waals surface area contributed by atoms with Crippen LogP contribution in [-0.4, -0.2) is 10.5 Å². The van der Waals surface area contributed by atoms with E-state index in [4.69, 9.17) is 12.2 Å². The maximum absolute atomic E-state index is 13.3. The molecular formula is C15H13FN2S2. The number of rotatable bonds is 4. The molecule has 0 spiro atoms. The Morgan fingerprint density at radius 1 is 1.15 bits per heavy atom. The maximum atomic E-state index is 13.3. The number of thiocarbonyl (C=S) groups is 1. The summed E-state index contributed by atoms with van der Waals surface area (Å²) in [6, 6.07) is 16.5. The monoisotopic (exact) mass is 304 g/mol. The molecule has 0 aliphatic rings. The summed E-state index contributed by atoms with van der Waals surface area (Å²) >= 11 is 6.63. The molecule has 0 saturated carbocycles. The Hall–Kier alpha value is -1.72. The van der Waals surface area contributed by atoms with Crippen LogP contribution in [0.4, 0.5) is 4.39 Å². The molecule has 102 valence electrons. The number of nitrogens with zero attached hydrogens (tertiary/aromatic N) is 1. The summed E-state index contributed by atoms with van der Waals surface area (Å²) in [5, 5.41) is 3.94. The van der Waals surface area contributed by atoms with Crippen LogP contribution in [0.2, 0.25) is 0 Å². The third-order valence-electron chi connectivity index (χ3n) is 2.48. The lowest BCUT2D eigenvalue weighted by Crippen LogP contribution is -2.11. The van der Waals surface area contributed by atoms with Gasteiger partial charge in [0, 0.05) is 11.3 Å². The third kappa shape index (κ3) is 4.75. The van der Waals surface area contributed by atoms with E-state index in [1.807, 2.05) is 30.3 Å². The molecule has 0 aliphatic carbocycles.